The molecule has 2 aromatic rings. The highest BCUT2D eigenvalue weighted by atomic mass is 32.2. The van der Waals surface area contributed by atoms with Crippen molar-refractivity contribution in [3.63, 3.8) is 0 Å². The molecule has 0 aliphatic rings. The molecular formula is C13H18N4O3S. The molecular weight excluding hydrogens is 292 g/mol. The second-order valence-electron chi connectivity index (χ2n) is 4.69. The van der Waals surface area contributed by atoms with E-state index in [1.54, 1.807) is 6.07 Å². The number of hydrogen-bond acceptors (Lipinski definition) is 5. The van der Waals surface area contributed by atoms with Gasteiger partial charge in [0.2, 0.25) is 10.0 Å². The summed E-state index contributed by atoms with van der Waals surface area (Å²) in [6, 6.07) is 5.49. The SMILES string of the molecule is Cc1cccc(CN(C)S(=O)(=O)c2cnn(CCO)c2)n1. The van der Waals surface area contributed by atoms with Gasteiger partial charge in [-0.1, -0.05) is 6.07 Å². The van der Waals surface area contributed by atoms with Crippen molar-refractivity contribution in [2.75, 3.05) is 13.7 Å². The van der Waals surface area contributed by atoms with Crippen LogP contribution in [0.5, 0.6) is 0 Å². The zero-order valence-electron chi connectivity index (χ0n) is 12.0. The molecule has 0 amide bonds. The van der Waals surface area contributed by atoms with Gasteiger partial charge in [-0.25, -0.2) is 8.42 Å². The topological polar surface area (TPSA) is 88.3 Å². The molecule has 2 aromatic heterocycles. The van der Waals surface area contributed by atoms with E-state index in [-0.39, 0.29) is 24.6 Å². The summed E-state index contributed by atoms with van der Waals surface area (Å²) in [4.78, 5) is 4.40. The lowest BCUT2D eigenvalue weighted by Gasteiger charge is -2.15. The third-order valence-corrected chi connectivity index (χ3v) is 4.73. The predicted octanol–water partition coefficient (Wildman–Crippen LogP) is 0.400. The van der Waals surface area contributed by atoms with Gasteiger partial charge in [-0.3, -0.25) is 9.67 Å². The second kappa shape index (κ2) is 6.33. The monoisotopic (exact) mass is 310 g/mol. The maximum Gasteiger partial charge on any atom is 0.246 e. The highest BCUT2D eigenvalue weighted by Gasteiger charge is 2.23. The van der Waals surface area contributed by atoms with Gasteiger partial charge in [-0.05, 0) is 19.1 Å². The Morgan fingerprint density at radius 1 is 1.38 bits per heavy atom. The van der Waals surface area contributed by atoms with Gasteiger partial charge < -0.3 is 5.11 Å². The van der Waals surface area contributed by atoms with Crippen LogP contribution < -0.4 is 0 Å². The maximum atomic E-state index is 12.4. The summed E-state index contributed by atoms with van der Waals surface area (Å²) in [5, 5.41) is 12.7. The van der Waals surface area contributed by atoms with Crippen LogP contribution in [0.1, 0.15) is 11.4 Å². The number of hydrogen-bond donors (Lipinski definition) is 1. The van der Waals surface area contributed by atoms with Gasteiger partial charge in [0.05, 0.1) is 31.6 Å². The van der Waals surface area contributed by atoms with Crippen molar-refractivity contribution >= 4 is 10.0 Å². The molecule has 0 aliphatic carbocycles. The van der Waals surface area contributed by atoms with Crippen LogP contribution in [0.4, 0.5) is 0 Å². The van der Waals surface area contributed by atoms with Crippen molar-refractivity contribution in [2.45, 2.75) is 24.9 Å². The minimum absolute atomic E-state index is 0.0930. The van der Waals surface area contributed by atoms with Gasteiger partial charge in [0, 0.05) is 18.9 Å². The van der Waals surface area contributed by atoms with E-state index in [4.69, 9.17) is 5.11 Å². The van der Waals surface area contributed by atoms with Crippen LogP contribution >= 0.6 is 0 Å². The number of rotatable bonds is 6. The largest absolute Gasteiger partial charge is 0.394 e. The number of nitrogens with zero attached hydrogens (tertiary/aromatic N) is 4. The van der Waals surface area contributed by atoms with Crippen LogP contribution in [-0.2, 0) is 23.1 Å². The fourth-order valence-electron chi connectivity index (χ4n) is 1.88. The Labute approximate surface area is 123 Å². The highest BCUT2D eigenvalue weighted by molar-refractivity contribution is 7.89. The Morgan fingerprint density at radius 3 is 2.81 bits per heavy atom. The van der Waals surface area contributed by atoms with Crippen LogP contribution in [0.3, 0.4) is 0 Å². The number of aliphatic hydroxyl groups excluding tert-OH is 1. The summed E-state index contributed by atoms with van der Waals surface area (Å²) in [5.74, 6) is 0. The summed E-state index contributed by atoms with van der Waals surface area (Å²) >= 11 is 0. The number of aromatic nitrogens is 3. The molecule has 0 aliphatic heterocycles. The van der Waals surface area contributed by atoms with Crippen LogP contribution in [0.25, 0.3) is 0 Å². The fraction of sp³-hybridized carbons (Fsp3) is 0.385. The quantitative estimate of drug-likeness (QED) is 0.834. The van der Waals surface area contributed by atoms with Crippen LogP contribution in [0.15, 0.2) is 35.5 Å². The number of aliphatic hydroxyl groups is 1. The summed E-state index contributed by atoms with van der Waals surface area (Å²) in [7, 11) is -2.12. The van der Waals surface area contributed by atoms with Crippen molar-refractivity contribution in [2.24, 2.45) is 0 Å². The fourth-order valence-corrected chi connectivity index (χ4v) is 2.98. The lowest BCUT2D eigenvalue weighted by atomic mass is 10.3. The van der Waals surface area contributed by atoms with Crippen molar-refractivity contribution in [3.05, 3.63) is 42.0 Å². The lowest BCUT2D eigenvalue weighted by Crippen LogP contribution is -2.26. The molecule has 0 spiro atoms. The first-order valence-corrected chi connectivity index (χ1v) is 7.89. The first-order chi connectivity index (χ1) is 9.93. The zero-order valence-corrected chi connectivity index (χ0v) is 12.8. The van der Waals surface area contributed by atoms with Gasteiger partial charge in [0.15, 0.2) is 0 Å². The van der Waals surface area contributed by atoms with Gasteiger partial charge >= 0.3 is 0 Å². The Morgan fingerprint density at radius 2 is 2.14 bits per heavy atom. The standard InChI is InChI=1S/C13H18N4O3S/c1-11-4-3-5-12(15-11)9-16(2)21(19,20)13-8-14-17(10-13)6-7-18/h3-5,8,10,18H,6-7,9H2,1-2H3. The van der Waals surface area contributed by atoms with Crippen LogP contribution in [0, 0.1) is 6.92 Å². The first-order valence-electron chi connectivity index (χ1n) is 6.45. The van der Waals surface area contributed by atoms with Crippen molar-refractivity contribution in [1.82, 2.24) is 19.1 Å². The minimum atomic E-state index is -3.62. The molecule has 0 saturated carbocycles. The number of sulfonamides is 1. The number of pyridine rings is 1. The Balaban J connectivity index is 2.17. The molecule has 8 heteroatoms. The Kier molecular flexibility index (Phi) is 4.71. The zero-order chi connectivity index (χ0) is 15.5. The van der Waals surface area contributed by atoms with Crippen molar-refractivity contribution in [3.8, 4) is 0 Å². The molecule has 21 heavy (non-hydrogen) atoms. The average molecular weight is 310 g/mol. The van der Waals surface area contributed by atoms with E-state index >= 15 is 0 Å². The van der Waals surface area contributed by atoms with Crippen LogP contribution in [0.2, 0.25) is 0 Å². The van der Waals surface area contributed by atoms with E-state index < -0.39 is 10.0 Å². The summed E-state index contributed by atoms with van der Waals surface area (Å²) in [6.45, 7) is 2.22. The van der Waals surface area contributed by atoms with E-state index in [9.17, 15) is 8.42 Å². The smallest absolute Gasteiger partial charge is 0.246 e. The molecule has 0 bridgehead atoms. The molecule has 2 rings (SSSR count). The molecule has 0 saturated heterocycles. The number of aryl methyl sites for hydroxylation is 1. The third-order valence-electron chi connectivity index (χ3n) is 2.98. The minimum Gasteiger partial charge on any atom is -0.394 e. The van der Waals surface area contributed by atoms with E-state index in [0.717, 1.165) is 5.69 Å². The van der Waals surface area contributed by atoms with Crippen molar-refractivity contribution in [1.29, 1.82) is 0 Å². The first kappa shape index (κ1) is 15.6. The van der Waals surface area contributed by atoms with E-state index in [1.165, 1.54) is 28.4 Å². The van der Waals surface area contributed by atoms with Gasteiger partial charge in [0.1, 0.15) is 4.90 Å². The van der Waals surface area contributed by atoms with E-state index in [1.807, 2.05) is 19.1 Å². The van der Waals surface area contributed by atoms with Crippen LogP contribution in [-0.4, -0.2) is 46.2 Å². The molecule has 7 nitrogen and oxygen atoms in total. The summed E-state index contributed by atoms with van der Waals surface area (Å²) < 4.78 is 27.5. The third kappa shape index (κ3) is 3.66. The molecule has 0 atom stereocenters. The van der Waals surface area contributed by atoms with E-state index in [0.29, 0.717) is 5.69 Å². The summed E-state index contributed by atoms with van der Waals surface area (Å²) in [5.41, 5.74) is 1.53. The average Bonchev–Trinajstić information content (AvgIpc) is 2.88. The molecule has 0 radical (unpaired) electrons. The lowest BCUT2D eigenvalue weighted by molar-refractivity contribution is 0.269. The Bertz CT molecular complexity index is 712. The molecule has 0 unspecified atom stereocenters. The Hall–Kier alpha value is -1.77. The van der Waals surface area contributed by atoms with Gasteiger partial charge in [0.25, 0.3) is 0 Å². The molecule has 114 valence electrons. The van der Waals surface area contributed by atoms with Gasteiger partial charge in [-0.2, -0.15) is 9.40 Å². The van der Waals surface area contributed by atoms with Crippen molar-refractivity contribution < 1.29 is 13.5 Å². The normalized spacial score (nSPS) is 12.0. The molecule has 1 N–H and O–H groups in total. The maximum absolute atomic E-state index is 12.4. The highest BCUT2D eigenvalue weighted by Crippen LogP contribution is 2.15. The predicted molar refractivity (Wildman–Crippen MR) is 76.9 cm³/mol. The molecule has 0 aromatic carbocycles. The molecule has 2 heterocycles. The van der Waals surface area contributed by atoms with E-state index in [2.05, 4.69) is 10.1 Å². The summed E-state index contributed by atoms with van der Waals surface area (Å²) in [6.07, 6.45) is 2.69. The molecule has 0 fully saturated rings. The van der Waals surface area contributed by atoms with Gasteiger partial charge in [-0.15, -0.1) is 0 Å². The second-order valence-corrected chi connectivity index (χ2v) is 6.74.